The summed E-state index contributed by atoms with van der Waals surface area (Å²) in [6, 6.07) is 6.11. The Bertz CT molecular complexity index is 820. The largest absolute Gasteiger partial charge is 0.497 e. The maximum absolute atomic E-state index is 11.9. The molecule has 2 aliphatic carbocycles. The molecule has 2 aliphatic rings. The molecule has 1 aromatic carbocycles. The van der Waals surface area contributed by atoms with Gasteiger partial charge in [0.15, 0.2) is 0 Å². The van der Waals surface area contributed by atoms with E-state index in [4.69, 9.17) is 4.74 Å². The summed E-state index contributed by atoms with van der Waals surface area (Å²) in [5.41, 5.74) is 10.6. The summed E-state index contributed by atoms with van der Waals surface area (Å²) < 4.78 is 5.31. The molecule has 0 heterocycles. The van der Waals surface area contributed by atoms with Crippen molar-refractivity contribution in [2.24, 2.45) is 5.92 Å². The van der Waals surface area contributed by atoms with Gasteiger partial charge in [0.1, 0.15) is 11.5 Å². The van der Waals surface area contributed by atoms with E-state index in [1.54, 1.807) is 14.0 Å². The normalized spacial score (nSPS) is 24.4. The van der Waals surface area contributed by atoms with Crippen LogP contribution in [0.25, 0.3) is 5.57 Å². The molecule has 0 bridgehead atoms. The van der Waals surface area contributed by atoms with E-state index in [9.17, 15) is 4.79 Å². The average molecular weight is 321 g/mol. The number of methoxy groups -OCH3 is 1. The first-order valence-corrected chi connectivity index (χ1v) is 8.37. The summed E-state index contributed by atoms with van der Waals surface area (Å²) in [7, 11) is 3.53. The highest BCUT2D eigenvalue weighted by Crippen LogP contribution is 2.49. The predicted octanol–water partition coefficient (Wildman–Crippen LogP) is 3.46. The van der Waals surface area contributed by atoms with Crippen LogP contribution >= 0.6 is 0 Å². The van der Waals surface area contributed by atoms with Crippen molar-refractivity contribution in [2.45, 2.75) is 32.2 Å². The van der Waals surface area contributed by atoms with Gasteiger partial charge in [-0.05, 0) is 68.3 Å². The number of ether oxygens (including phenoxy) is 1. The fraction of sp³-hybridized carbons (Fsp3) is 0.381. The van der Waals surface area contributed by atoms with Crippen LogP contribution in [0, 0.1) is 5.92 Å². The minimum absolute atomic E-state index is 0.191. The first-order chi connectivity index (χ1) is 11.6. The lowest BCUT2D eigenvalue weighted by molar-refractivity contribution is -0.120. The Kier molecular flexibility index (Phi) is 4.34. The quantitative estimate of drug-likeness (QED) is 0.816. The zero-order chi connectivity index (χ0) is 17.3. The van der Waals surface area contributed by atoms with Gasteiger partial charge in [0.2, 0.25) is 0 Å². The summed E-state index contributed by atoms with van der Waals surface area (Å²) in [4.78, 5) is 11.9. The molecule has 0 saturated heterocycles. The second kappa shape index (κ2) is 6.30. The highest BCUT2D eigenvalue weighted by atomic mass is 16.5. The SMILES string of the molecule is CCc1cc(OC)ccc1C1=C=C=C(C2C[C@]2(NC)C(C)=O)C=C1. The molecule has 0 amide bonds. The van der Waals surface area contributed by atoms with Gasteiger partial charge in [-0.25, -0.2) is 0 Å². The molecule has 1 unspecified atom stereocenters. The van der Waals surface area contributed by atoms with Gasteiger partial charge in [-0.3, -0.25) is 4.79 Å². The van der Waals surface area contributed by atoms with E-state index in [1.165, 1.54) is 5.56 Å². The molecule has 0 aromatic heterocycles. The molecule has 0 aliphatic heterocycles. The lowest BCUT2D eigenvalue weighted by Gasteiger charge is -2.13. The van der Waals surface area contributed by atoms with E-state index in [0.29, 0.717) is 0 Å². The predicted molar refractivity (Wildman–Crippen MR) is 96.0 cm³/mol. The zero-order valence-electron chi connectivity index (χ0n) is 14.7. The number of hydrogen-bond acceptors (Lipinski definition) is 3. The maximum Gasteiger partial charge on any atom is 0.150 e. The van der Waals surface area contributed by atoms with Crippen LogP contribution in [-0.2, 0) is 11.2 Å². The van der Waals surface area contributed by atoms with Gasteiger partial charge in [-0.2, -0.15) is 0 Å². The summed E-state index contributed by atoms with van der Waals surface area (Å²) in [5, 5.41) is 3.18. The topological polar surface area (TPSA) is 38.3 Å². The van der Waals surface area contributed by atoms with Gasteiger partial charge >= 0.3 is 0 Å². The van der Waals surface area contributed by atoms with Crippen molar-refractivity contribution < 1.29 is 9.53 Å². The van der Waals surface area contributed by atoms with Crippen molar-refractivity contribution in [3.63, 3.8) is 0 Å². The van der Waals surface area contributed by atoms with Crippen LogP contribution in [0.15, 0.2) is 47.4 Å². The smallest absolute Gasteiger partial charge is 0.150 e. The van der Waals surface area contributed by atoms with E-state index in [-0.39, 0.29) is 11.7 Å². The van der Waals surface area contributed by atoms with E-state index >= 15 is 0 Å². The molecular formula is C21H23NO2. The molecule has 1 N–H and O–H groups in total. The van der Waals surface area contributed by atoms with Gasteiger partial charge in [-0.15, -0.1) is 0 Å². The third kappa shape index (κ3) is 2.68. The van der Waals surface area contributed by atoms with Crippen LogP contribution in [0.3, 0.4) is 0 Å². The number of hydrogen-bond donors (Lipinski definition) is 1. The van der Waals surface area contributed by atoms with Crippen molar-refractivity contribution in [2.75, 3.05) is 14.2 Å². The third-order valence-electron chi connectivity index (χ3n) is 5.17. The van der Waals surface area contributed by atoms with Crippen LogP contribution in [0.1, 0.15) is 31.4 Å². The molecule has 1 saturated carbocycles. The fourth-order valence-corrected chi connectivity index (χ4v) is 3.49. The number of carbonyl (C=O) groups excluding carboxylic acids is 1. The Morgan fingerprint density at radius 3 is 2.67 bits per heavy atom. The minimum Gasteiger partial charge on any atom is -0.497 e. The molecule has 3 nitrogen and oxygen atoms in total. The standard InChI is InChI=1S/C21H23NO2/c1-5-15-12-18(24-4)10-11-19(15)16-6-8-17(9-7-16)20-13-21(20,22-3)14(2)23/h6,8,10-12,20,22H,5,13H2,1-4H3/t20?,21-/m0/s1. The minimum atomic E-state index is -0.402. The number of likely N-dealkylation sites (N-methyl/N-ethyl adjacent to an activating group) is 1. The number of benzene rings is 1. The molecule has 3 rings (SSSR count). The van der Waals surface area contributed by atoms with Crippen LogP contribution in [-0.4, -0.2) is 25.5 Å². The Labute approximate surface area is 143 Å². The van der Waals surface area contributed by atoms with Gasteiger partial charge in [0, 0.05) is 17.1 Å². The zero-order valence-corrected chi connectivity index (χ0v) is 14.7. The number of allylic oxidation sites excluding steroid dienone is 3. The van der Waals surface area contributed by atoms with Gasteiger partial charge < -0.3 is 10.1 Å². The average Bonchev–Trinajstić information content (AvgIpc) is 3.37. The van der Waals surface area contributed by atoms with E-state index in [2.05, 4.69) is 48.0 Å². The molecular weight excluding hydrogens is 298 g/mol. The first kappa shape index (κ1) is 16.5. The van der Waals surface area contributed by atoms with Gasteiger partial charge in [0.25, 0.3) is 0 Å². The Hall–Kier alpha value is -2.31. The van der Waals surface area contributed by atoms with Crippen molar-refractivity contribution in [1.29, 1.82) is 0 Å². The lowest BCUT2D eigenvalue weighted by atomic mass is 9.94. The molecule has 2 atom stereocenters. The summed E-state index contributed by atoms with van der Waals surface area (Å²) >= 11 is 0. The molecule has 1 aromatic rings. The summed E-state index contributed by atoms with van der Waals surface area (Å²) in [5.74, 6) is 1.26. The number of ketones is 1. The summed E-state index contributed by atoms with van der Waals surface area (Å²) in [6.45, 7) is 3.79. The van der Waals surface area contributed by atoms with Crippen LogP contribution in [0.5, 0.6) is 5.75 Å². The monoisotopic (exact) mass is 321 g/mol. The van der Waals surface area contributed by atoms with Crippen LogP contribution in [0.2, 0.25) is 0 Å². The number of nitrogens with one attached hydrogen (secondary N) is 1. The molecule has 0 radical (unpaired) electrons. The van der Waals surface area contributed by atoms with E-state index in [1.807, 2.05) is 13.1 Å². The number of carbonyl (C=O) groups is 1. The molecule has 0 spiro atoms. The summed E-state index contributed by atoms with van der Waals surface area (Å²) in [6.07, 6.45) is 5.91. The number of rotatable bonds is 6. The van der Waals surface area contributed by atoms with Gasteiger partial charge in [-0.1, -0.05) is 18.4 Å². The van der Waals surface area contributed by atoms with E-state index in [0.717, 1.165) is 35.3 Å². The van der Waals surface area contributed by atoms with Gasteiger partial charge in [0.05, 0.1) is 12.6 Å². The highest BCUT2D eigenvalue weighted by Gasteiger charge is 2.58. The highest BCUT2D eigenvalue weighted by molar-refractivity contribution is 5.91. The molecule has 124 valence electrons. The Morgan fingerprint density at radius 2 is 2.17 bits per heavy atom. The first-order valence-electron chi connectivity index (χ1n) is 8.37. The van der Waals surface area contributed by atoms with Crippen molar-refractivity contribution in [1.82, 2.24) is 5.32 Å². The molecule has 1 fully saturated rings. The maximum atomic E-state index is 11.9. The van der Waals surface area contributed by atoms with Crippen molar-refractivity contribution in [3.8, 4) is 5.75 Å². The lowest BCUT2D eigenvalue weighted by Crippen LogP contribution is -2.37. The Balaban J connectivity index is 1.96. The number of Topliss-reactive ketones (excluding diaryl/α,β-unsaturated/α-hetero) is 1. The molecule has 3 heteroatoms. The second-order valence-electron chi connectivity index (χ2n) is 6.36. The Morgan fingerprint density at radius 1 is 1.38 bits per heavy atom. The van der Waals surface area contributed by atoms with Crippen LogP contribution in [0.4, 0.5) is 0 Å². The van der Waals surface area contributed by atoms with Crippen molar-refractivity contribution in [3.05, 3.63) is 58.5 Å². The molecule has 24 heavy (non-hydrogen) atoms. The van der Waals surface area contributed by atoms with E-state index < -0.39 is 5.54 Å². The van der Waals surface area contributed by atoms with Crippen molar-refractivity contribution >= 4 is 11.4 Å². The number of aryl methyl sites for hydroxylation is 1. The fourth-order valence-electron chi connectivity index (χ4n) is 3.49. The third-order valence-corrected chi connectivity index (χ3v) is 5.17. The second-order valence-corrected chi connectivity index (χ2v) is 6.36. The van der Waals surface area contributed by atoms with Crippen LogP contribution < -0.4 is 10.1 Å².